The van der Waals surface area contributed by atoms with Crippen molar-refractivity contribution in [2.75, 3.05) is 19.8 Å². The maximum atomic E-state index is 12.7. The third-order valence-electron chi connectivity index (χ3n) is 9.44. The molecule has 1 fully saturated rings. The highest BCUT2D eigenvalue weighted by Gasteiger charge is 2.44. The molecule has 0 bridgehead atoms. The summed E-state index contributed by atoms with van der Waals surface area (Å²) in [5, 5.41) is 40.1. The number of unbranched alkanes of at least 4 members (excludes halogenated alkanes) is 8. The molecule has 0 aromatic carbocycles. The average Bonchev–Trinajstić information content (AvgIpc) is 3.23. The Morgan fingerprint density at radius 2 is 0.932 bits per heavy atom. The SMILES string of the molecule is CCCCC/C=C\C/C=C\C/C=C\C/C=C\CCCC(=O)OCC(CO[C@@H]1O[C@H](CO)[C@H](O)[C@H](O)[C@H]1O)OC(=O)CCC/C=C\C/C=C\C/C=C\C/C=C\CCCCC. The summed E-state index contributed by atoms with van der Waals surface area (Å²) < 4.78 is 22.0. The van der Waals surface area contributed by atoms with Crippen molar-refractivity contribution in [2.45, 2.75) is 179 Å². The average molecular weight is 827 g/mol. The van der Waals surface area contributed by atoms with Crippen LogP contribution in [0.1, 0.15) is 142 Å². The first-order valence-corrected chi connectivity index (χ1v) is 22.3. The number of ether oxygens (including phenoxy) is 4. The second-order valence-corrected chi connectivity index (χ2v) is 14.8. The van der Waals surface area contributed by atoms with Gasteiger partial charge in [0.2, 0.25) is 0 Å². The zero-order valence-electron chi connectivity index (χ0n) is 36.2. The fourth-order valence-electron chi connectivity index (χ4n) is 5.88. The fraction of sp³-hybridized carbons (Fsp3) is 0.633. The van der Waals surface area contributed by atoms with Gasteiger partial charge in [0.05, 0.1) is 13.2 Å². The Labute approximate surface area is 356 Å². The summed E-state index contributed by atoms with van der Waals surface area (Å²) in [5.41, 5.74) is 0. The van der Waals surface area contributed by atoms with Crippen molar-refractivity contribution in [3.8, 4) is 0 Å². The molecule has 0 aromatic rings. The van der Waals surface area contributed by atoms with E-state index in [1.54, 1.807) is 0 Å². The van der Waals surface area contributed by atoms with Gasteiger partial charge in [-0.25, -0.2) is 0 Å². The highest BCUT2D eigenvalue weighted by molar-refractivity contribution is 5.70. The van der Waals surface area contributed by atoms with E-state index >= 15 is 0 Å². The Balaban J connectivity index is 2.44. The van der Waals surface area contributed by atoms with Crippen molar-refractivity contribution in [3.05, 3.63) is 97.2 Å². The number of hydrogen-bond acceptors (Lipinski definition) is 10. The van der Waals surface area contributed by atoms with E-state index in [9.17, 15) is 30.0 Å². The van der Waals surface area contributed by atoms with Crippen LogP contribution in [0.4, 0.5) is 0 Å². The van der Waals surface area contributed by atoms with Crippen LogP contribution in [0.15, 0.2) is 97.2 Å². The van der Waals surface area contributed by atoms with Crippen molar-refractivity contribution in [2.24, 2.45) is 0 Å². The summed E-state index contributed by atoms with van der Waals surface area (Å²) in [5.74, 6) is -0.949. The molecule has 0 radical (unpaired) electrons. The first kappa shape index (κ1) is 53.6. The zero-order valence-corrected chi connectivity index (χ0v) is 36.2. The molecule has 10 heteroatoms. The molecular weight excluding hydrogens is 749 g/mol. The Morgan fingerprint density at radius 3 is 1.36 bits per heavy atom. The molecule has 0 spiro atoms. The molecule has 0 aromatic heterocycles. The Hall–Kier alpha value is -3.38. The number of carbonyl (C=O) groups excluding carboxylic acids is 2. The van der Waals surface area contributed by atoms with Crippen molar-refractivity contribution >= 4 is 11.9 Å². The molecule has 1 rings (SSSR count). The van der Waals surface area contributed by atoms with Crippen molar-refractivity contribution < 1.29 is 49.0 Å². The Bertz CT molecular complexity index is 1280. The highest BCUT2D eigenvalue weighted by atomic mass is 16.7. The van der Waals surface area contributed by atoms with E-state index in [0.717, 1.165) is 51.4 Å². The molecule has 1 unspecified atom stereocenters. The van der Waals surface area contributed by atoms with E-state index < -0.39 is 55.4 Å². The Kier molecular flexibility index (Phi) is 35.3. The smallest absolute Gasteiger partial charge is 0.306 e. The zero-order chi connectivity index (χ0) is 43.0. The van der Waals surface area contributed by atoms with Gasteiger partial charge >= 0.3 is 11.9 Å². The third kappa shape index (κ3) is 30.3. The van der Waals surface area contributed by atoms with Gasteiger partial charge in [0.15, 0.2) is 12.4 Å². The van der Waals surface area contributed by atoms with E-state index in [0.29, 0.717) is 25.7 Å². The molecule has 1 saturated heterocycles. The van der Waals surface area contributed by atoms with Crippen LogP contribution in [0.25, 0.3) is 0 Å². The lowest BCUT2D eigenvalue weighted by Crippen LogP contribution is -2.59. The van der Waals surface area contributed by atoms with E-state index in [1.165, 1.54) is 38.5 Å². The van der Waals surface area contributed by atoms with Gasteiger partial charge in [-0.1, -0.05) is 137 Å². The molecule has 59 heavy (non-hydrogen) atoms. The second-order valence-electron chi connectivity index (χ2n) is 14.8. The first-order valence-electron chi connectivity index (χ1n) is 22.3. The van der Waals surface area contributed by atoms with Crippen LogP contribution in [0.2, 0.25) is 0 Å². The minimum Gasteiger partial charge on any atom is -0.462 e. The molecule has 334 valence electrons. The summed E-state index contributed by atoms with van der Waals surface area (Å²) in [6.45, 7) is 3.23. The molecule has 0 saturated carbocycles. The monoisotopic (exact) mass is 827 g/mol. The molecule has 1 heterocycles. The lowest BCUT2D eigenvalue weighted by atomic mass is 9.99. The molecule has 1 aliphatic rings. The number of hydrogen-bond donors (Lipinski definition) is 4. The fourth-order valence-corrected chi connectivity index (χ4v) is 5.88. The van der Waals surface area contributed by atoms with Gasteiger partial charge in [-0.3, -0.25) is 9.59 Å². The van der Waals surface area contributed by atoms with Crippen LogP contribution >= 0.6 is 0 Å². The highest BCUT2D eigenvalue weighted by Crippen LogP contribution is 2.22. The van der Waals surface area contributed by atoms with Crippen LogP contribution < -0.4 is 0 Å². The van der Waals surface area contributed by atoms with Crippen molar-refractivity contribution in [3.63, 3.8) is 0 Å². The predicted octanol–water partition coefficient (Wildman–Crippen LogP) is 9.55. The molecule has 1 aliphatic heterocycles. The number of carbonyl (C=O) groups is 2. The predicted molar refractivity (Wildman–Crippen MR) is 237 cm³/mol. The molecule has 6 atom stereocenters. The van der Waals surface area contributed by atoms with Crippen LogP contribution in [-0.4, -0.2) is 89.0 Å². The lowest BCUT2D eigenvalue weighted by molar-refractivity contribution is -0.305. The van der Waals surface area contributed by atoms with Crippen LogP contribution in [0, 0.1) is 0 Å². The standard InChI is InChI=1S/C49H78O10/c1-3-5-7-9-11-13-15-17-19-21-23-25-27-29-31-33-35-37-44(51)56-40-42(41-57-49-48(55)47(54)46(53)43(39-50)59-49)58-45(52)38-36-34-32-30-28-26-24-22-20-18-16-14-12-10-8-6-4-2/h11-14,17-20,23-26,29-32,42-43,46-50,53-55H,3-10,15-16,21-22,27-28,33-41H2,1-2H3/b13-11-,14-12-,19-17-,20-18-,25-23-,26-24-,31-29-,32-30-/t42?,43-,46+,47+,48-,49-/m1/s1. The van der Waals surface area contributed by atoms with Gasteiger partial charge in [0.1, 0.15) is 31.0 Å². The van der Waals surface area contributed by atoms with Crippen LogP contribution in [-0.2, 0) is 28.5 Å². The minimum atomic E-state index is -1.62. The van der Waals surface area contributed by atoms with Gasteiger partial charge in [-0.2, -0.15) is 0 Å². The van der Waals surface area contributed by atoms with E-state index in [1.807, 2.05) is 12.2 Å². The summed E-state index contributed by atoms with van der Waals surface area (Å²) in [4.78, 5) is 25.3. The second kappa shape index (κ2) is 38.8. The maximum absolute atomic E-state index is 12.7. The summed E-state index contributed by atoms with van der Waals surface area (Å²) in [6, 6.07) is 0. The number of rotatable bonds is 35. The van der Waals surface area contributed by atoms with E-state index in [2.05, 4.69) is 98.9 Å². The summed E-state index contributed by atoms with van der Waals surface area (Å²) in [6.07, 6.45) is 44.2. The number of allylic oxidation sites excluding steroid dienone is 16. The van der Waals surface area contributed by atoms with E-state index in [4.69, 9.17) is 18.9 Å². The molecule has 4 N–H and O–H groups in total. The quantitative estimate of drug-likeness (QED) is 0.0276. The number of aliphatic hydroxyl groups is 4. The normalized spacial score (nSPS) is 20.9. The molecular formula is C49H78O10. The van der Waals surface area contributed by atoms with Crippen molar-refractivity contribution in [1.29, 1.82) is 0 Å². The number of esters is 2. The minimum absolute atomic E-state index is 0.137. The van der Waals surface area contributed by atoms with Gasteiger partial charge in [-0.15, -0.1) is 0 Å². The van der Waals surface area contributed by atoms with Gasteiger partial charge in [-0.05, 0) is 89.9 Å². The summed E-state index contributed by atoms with van der Waals surface area (Å²) in [7, 11) is 0. The van der Waals surface area contributed by atoms with Gasteiger partial charge in [0, 0.05) is 12.8 Å². The summed E-state index contributed by atoms with van der Waals surface area (Å²) >= 11 is 0. The lowest BCUT2D eigenvalue weighted by Gasteiger charge is -2.39. The van der Waals surface area contributed by atoms with Crippen LogP contribution in [0.5, 0.6) is 0 Å². The van der Waals surface area contributed by atoms with Gasteiger partial charge < -0.3 is 39.4 Å². The van der Waals surface area contributed by atoms with Crippen LogP contribution in [0.3, 0.4) is 0 Å². The van der Waals surface area contributed by atoms with Crippen molar-refractivity contribution in [1.82, 2.24) is 0 Å². The topological polar surface area (TPSA) is 152 Å². The number of aliphatic hydroxyl groups excluding tert-OH is 4. The maximum Gasteiger partial charge on any atom is 0.306 e. The molecule has 0 amide bonds. The molecule has 10 nitrogen and oxygen atoms in total. The Morgan fingerprint density at radius 1 is 0.525 bits per heavy atom. The van der Waals surface area contributed by atoms with E-state index in [-0.39, 0.29) is 26.1 Å². The largest absolute Gasteiger partial charge is 0.462 e. The third-order valence-corrected chi connectivity index (χ3v) is 9.44. The van der Waals surface area contributed by atoms with Gasteiger partial charge in [0.25, 0.3) is 0 Å². The first-order chi connectivity index (χ1) is 28.8. The molecule has 0 aliphatic carbocycles.